The third kappa shape index (κ3) is 4.87. The molecule has 36 heavy (non-hydrogen) atoms. The number of anilines is 3. The minimum atomic E-state index is -3.83. The Morgan fingerprint density at radius 1 is 0.889 bits per heavy atom. The van der Waals surface area contributed by atoms with Gasteiger partial charge < -0.3 is 10.6 Å². The summed E-state index contributed by atoms with van der Waals surface area (Å²) in [6.45, 7) is 3.71. The summed E-state index contributed by atoms with van der Waals surface area (Å²) in [5.74, 6) is -1.64. The van der Waals surface area contributed by atoms with Crippen LogP contribution in [0.5, 0.6) is 0 Å². The Kier molecular flexibility index (Phi) is 6.68. The quantitative estimate of drug-likeness (QED) is 0.421. The first-order valence-electron chi connectivity index (χ1n) is 10.6. The van der Waals surface area contributed by atoms with E-state index in [1.807, 2.05) is 19.9 Å². The second-order valence-corrected chi connectivity index (χ2v) is 10.0. The normalized spacial score (nSPS) is 13.8. The Bertz CT molecular complexity index is 1530. The number of benzene rings is 3. The van der Waals surface area contributed by atoms with Gasteiger partial charge in [0.15, 0.2) is 0 Å². The van der Waals surface area contributed by atoms with Gasteiger partial charge in [0.25, 0.3) is 17.7 Å². The number of aryl methyl sites for hydroxylation is 1. The summed E-state index contributed by atoms with van der Waals surface area (Å²) < 4.78 is 22.7. The topological polar surface area (TPSA) is 139 Å². The molecule has 3 aromatic rings. The average Bonchev–Trinajstić information content (AvgIpc) is 3.04. The zero-order valence-corrected chi connectivity index (χ0v) is 20.8. The molecule has 0 spiro atoms. The molecule has 0 aliphatic carbocycles. The lowest BCUT2D eigenvalue weighted by Gasteiger charge is -2.18. The van der Waals surface area contributed by atoms with Crippen molar-refractivity contribution in [3.63, 3.8) is 0 Å². The highest BCUT2D eigenvalue weighted by Gasteiger charge is 2.39. The van der Waals surface area contributed by atoms with Gasteiger partial charge in [0.2, 0.25) is 10.0 Å². The first kappa shape index (κ1) is 25.1. The second kappa shape index (κ2) is 9.57. The van der Waals surface area contributed by atoms with Crippen molar-refractivity contribution in [3.8, 4) is 0 Å². The van der Waals surface area contributed by atoms with Crippen LogP contribution in [0, 0.1) is 13.8 Å². The van der Waals surface area contributed by atoms with Gasteiger partial charge in [-0.05, 0) is 79.6 Å². The van der Waals surface area contributed by atoms with Crippen LogP contribution in [0.4, 0.5) is 17.1 Å². The fraction of sp³-hybridized carbons (Fsp3) is 0.0800. The van der Waals surface area contributed by atoms with Crippen LogP contribution in [-0.4, -0.2) is 26.1 Å². The average molecular weight is 525 g/mol. The number of nitrogens with one attached hydrogen (secondary N) is 2. The third-order valence-corrected chi connectivity index (χ3v) is 6.98. The summed E-state index contributed by atoms with van der Waals surface area (Å²) in [5, 5.41) is 10.4. The number of hydrogen-bond acceptors (Lipinski definition) is 6. The molecule has 0 fully saturated rings. The molecule has 1 aliphatic rings. The number of halogens is 1. The Balaban J connectivity index is 1.47. The van der Waals surface area contributed by atoms with E-state index in [2.05, 4.69) is 10.6 Å². The van der Waals surface area contributed by atoms with Crippen LogP contribution in [-0.2, 0) is 19.6 Å². The Hall–Kier alpha value is -3.99. The Morgan fingerprint density at radius 3 is 2.11 bits per heavy atom. The molecule has 0 saturated heterocycles. The van der Waals surface area contributed by atoms with Crippen LogP contribution in [0.1, 0.15) is 21.5 Å². The monoisotopic (exact) mass is 524 g/mol. The summed E-state index contributed by atoms with van der Waals surface area (Å²) in [4.78, 5) is 39.3. The molecule has 1 aliphatic heterocycles. The van der Waals surface area contributed by atoms with Gasteiger partial charge in [0.1, 0.15) is 10.7 Å². The highest BCUT2D eigenvalue weighted by Crippen LogP contribution is 2.33. The van der Waals surface area contributed by atoms with Crippen molar-refractivity contribution < 1.29 is 22.8 Å². The first-order valence-corrected chi connectivity index (χ1v) is 12.6. The van der Waals surface area contributed by atoms with Gasteiger partial charge in [-0.3, -0.25) is 14.4 Å². The molecule has 3 amide bonds. The van der Waals surface area contributed by atoms with E-state index in [0.29, 0.717) is 22.6 Å². The molecule has 0 atom stereocenters. The zero-order valence-electron chi connectivity index (χ0n) is 19.2. The van der Waals surface area contributed by atoms with Crippen molar-refractivity contribution in [1.82, 2.24) is 0 Å². The summed E-state index contributed by atoms with van der Waals surface area (Å²) >= 11 is 6.22. The maximum Gasteiger partial charge on any atom is 0.283 e. The minimum Gasteiger partial charge on any atom is -0.350 e. The zero-order chi connectivity index (χ0) is 26.2. The molecular weight excluding hydrogens is 504 g/mol. The van der Waals surface area contributed by atoms with Crippen molar-refractivity contribution in [1.29, 1.82) is 0 Å². The molecule has 184 valence electrons. The number of nitrogens with zero attached hydrogens (tertiary/aromatic N) is 1. The lowest BCUT2D eigenvalue weighted by atomic mass is 10.1. The maximum absolute atomic E-state index is 13.0. The molecule has 0 unspecified atom stereocenters. The van der Waals surface area contributed by atoms with Crippen LogP contribution >= 0.6 is 11.6 Å². The van der Waals surface area contributed by atoms with E-state index < -0.39 is 27.7 Å². The van der Waals surface area contributed by atoms with E-state index >= 15 is 0 Å². The fourth-order valence-electron chi connectivity index (χ4n) is 3.59. The molecule has 0 saturated carbocycles. The van der Waals surface area contributed by atoms with E-state index in [4.69, 9.17) is 16.7 Å². The number of primary sulfonamides is 1. The van der Waals surface area contributed by atoms with Crippen LogP contribution in [0.3, 0.4) is 0 Å². The Labute approximate surface area is 212 Å². The number of carbonyl (C=O) groups excluding carboxylic acids is 3. The highest BCUT2D eigenvalue weighted by atomic mass is 35.5. The number of imide groups is 1. The Morgan fingerprint density at radius 2 is 1.50 bits per heavy atom. The lowest BCUT2D eigenvalue weighted by Crippen LogP contribution is -2.33. The smallest absolute Gasteiger partial charge is 0.283 e. The minimum absolute atomic E-state index is 0.0604. The predicted octanol–water partition coefficient (Wildman–Crippen LogP) is 3.64. The van der Waals surface area contributed by atoms with Crippen LogP contribution in [0.25, 0.3) is 0 Å². The molecule has 9 nitrogen and oxygen atoms in total. The van der Waals surface area contributed by atoms with Crippen LogP contribution in [0.15, 0.2) is 82.4 Å². The molecule has 11 heteroatoms. The number of hydrogen-bond donors (Lipinski definition) is 3. The van der Waals surface area contributed by atoms with Gasteiger partial charge in [-0.25, -0.2) is 18.5 Å². The van der Waals surface area contributed by atoms with Crippen LogP contribution < -0.4 is 20.7 Å². The molecule has 1 heterocycles. The lowest BCUT2D eigenvalue weighted by molar-refractivity contribution is -0.120. The summed E-state index contributed by atoms with van der Waals surface area (Å²) in [7, 11) is -3.83. The maximum atomic E-state index is 13.0. The van der Waals surface area contributed by atoms with E-state index in [-0.39, 0.29) is 15.6 Å². The van der Waals surface area contributed by atoms with Crippen LogP contribution in [0.2, 0.25) is 0 Å². The van der Waals surface area contributed by atoms with Crippen molar-refractivity contribution in [2.75, 3.05) is 15.5 Å². The SMILES string of the molecule is Cc1cccc(N2C(=O)C(Cl)=C(Nc3ccc(C(=O)Nc4ccc(S(N)(=O)=O)cc4)cc3)C2=O)c1C. The van der Waals surface area contributed by atoms with Gasteiger partial charge >= 0.3 is 0 Å². The van der Waals surface area contributed by atoms with E-state index in [1.54, 1.807) is 24.3 Å². The highest BCUT2D eigenvalue weighted by molar-refractivity contribution is 7.89. The second-order valence-electron chi connectivity index (χ2n) is 8.08. The predicted molar refractivity (Wildman–Crippen MR) is 137 cm³/mol. The van der Waals surface area contributed by atoms with E-state index in [9.17, 15) is 22.8 Å². The largest absolute Gasteiger partial charge is 0.350 e. The van der Waals surface area contributed by atoms with Gasteiger partial charge in [-0.15, -0.1) is 0 Å². The summed E-state index contributed by atoms with van der Waals surface area (Å²) in [5.41, 5.74) is 3.26. The van der Waals surface area contributed by atoms with Crippen molar-refractivity contribution in [3.05, 3.63) is 94.1 Å². The van der Waals surface area contributed by atoms with Gasteiger partial charge in [-0.1, -0.05) is 23.7 Å². The molecule has 0 bridgehead atoms. The third-order valence-electron chi connectivity index (χ3n) is 5.70. The molecule has 3 aromatic carbocycles. The number of sulfonamides is 1. The standard InChI is InChI=1S/C25H21ClN4O5S/c1-14-4-3-5-20(15(14)2)30-24(32)21(26)22(25(30)33)28-17-8-6-16(7-9-17)23(31)29-18-10-12-19(13-11-18)36(27,34)35/h3-13,28H,1-2H3,(H,29,31)(H2,27,34,35). The fourth-order valence-corrected chi connectivity index (χ4v) is 4.32. The van der Waals surface area contributed by atoms with Gasteiger partial charge in [0, 0.05) is 16.9 Å². The number of amides is 3. The van der Waals surface area contributed by atoms with Gasteiger partial charge in [-0.2, -0.15) is 0 Å². The molecule has 0 aromatic heterocycles. The number of nitrogens with two attached hydrogens (primary N) is 1. The number of rotatable bonds is 6. The van der Waals surface area contributed by atoms with Gasteiger partial charge in [0.05, 0.1) is 10.6 Å². The summed E-state index contributed by atoms with van der Waals surface area (Å²) in [6, 6.07) is 16.9. The van der Waals surface area contributed by atoms with Crippen molar-refractivity contribution >= 4 is 56.4 Å². The first-order chi connectivity index (χ1) is 17.0. The molecule has 4 rings (SSSR count). The van der Waals surface area contributed by atoms with E-state index in [1.165, 1.54) is 36.4 Å². The molecular formula is C25H21ClN4O5S. The molecule has 4 N–H and O–H groups in total. The van der Waals surface area contributed by atoms with E-state index in [0.717, 1.165) is 16.0 Å². The van der Waals surface area contributed by atoms with Crippen molar-refractivity contribution in [2.45, 2.75) is 18.7 Å². The van der Waals surface area contributed by atoms with Crippen molar-refractivity contribution in [2.24, 2.45) is 5.14 Å². The molecule has 0 radical (unpaired) electrons. The summed E-state index contributed by atoms with van der Waals surface area (Å²) in [6.07, 6.45) is 0. The number of carbonyl (C=O) groups is 3.